The smallest absolute Gasteiger partial charge is 0.272 e. The molecule has 0 radical (unpaired) electrons. The summed E-state index contributed by atoms with van der Waals surface area (Å²) in [6.07, 6.45) is 0. The number of rotatable bonds is 3. The highest BCUT2D eigenvalue weighted by Crippen LogP contribution is 2.31. The molecule has 0 aliphatic carbocycles. The summed E-state index contributed by atoms with van der Waals surface area (Å²) in [6.45, 7) is 0. The predicted octanol–water partition coefficient (Wildman–Crippen LogP) is 3.64. The highest BCUT2D eigenvalue weighted by atomic mass is 16.4. The van der Waals surface area contributed by atoms with Crippen molar-refractivity contribution in [2.75, 3.05) is 5.73 Å². The minimum atomic E-state index is 0.145. The number of nitrogen functional groups attached to an aromatic ring is 1. The summed E-state index contributed by atoms with van der Waals surface area (Å²) in [5.74, 6) is 1.20. The quantitative estimate of drug-likeness (QED) is 0.621. The van der Waals surface area contributed by atoms with Crippen LogP contribution in [0, 0.1) is 0 Å². The standard InChI is InChI=1S/C17H12N4O2/c18-14-13(19-15(22-14)11-7-3-1-4-8-11)17-21-20-16(23-17)12-9-5-2-6-10-12/h1-10H,18H2. The summed E-state index contributed by atoms with van der Waals surface area (Å²) < 4.78 is 11.2. The van der Waals surface area contributed by atoms with Gasteiger partial charge in [0, 0.05) is 11.1 Å². The van der Waals surface area contributed by atoms with E-state index in [2.05, 4.69) is 15.2 Å². The molecule has 2 aromatic heterocycles. The number of hydrogen-bond donors (Lipinski definition) is 1. The van der Waals surface area contributed by atoms with Crippen LogP contribution in [0.4, 0.5) is 5.88 Å². The van der Waals surface area contributed by atoms with E-state index in [-0.39, 0.29) is 11.8 Å². The van der Waals surface area contributed by atoms with Gasteiger partial charge in [0.2, 0.25) is 17.7 Å². The van der Waals surface area contributed by atoms with E-state index in [0.29, 0.717) is 17.5 Å². The molecule has 4 rings (SSSR count). The van der Waals surface area contributed by atoms with E-state index < -0.39 is 0 Å². The number of nitrogens with two attached hydrogens (primary N) is 1. The zero-order chi connectivity index (χ0) is 15.6. The SMILES string of the molecule is Nc1oc(-c2ccccc2)nc1-c1nnc(-c2ccccc2)o1. The van der Waals surface area contributed by atoms with Crippen molar-refractivity contribution in [3.8, 4) is 34.5 Å². The van der Waals surface area contributed by atoms with Crippen LogP contribution in [0.15, 0.2) is 69.5 Å². The molecule has 0 fully saturated rings. The third-order valence-electron chi connectivity index (χ3n) is 3.32. The Morgan fingerprint density at radius 2 is 1.22 bits per heavy atom. The van der Waals surface area contributed by atoms with Gasteiger partial charge in [-0.1, -0.05) is 36.4 Å². The lowest BCUT2D eigenvalue weighted by molar-refractivity contribution is 0.579. The minimum Gasteiger partial charge on any atom is -0.420 e. The highest BCUT2D eigenvalue weighted by Gasteiger charge is 2.19. The van der Waals surface area contributed by atoms with Crippen molar-refractivity contribution in [3.63, 3.8) is 0 Å². The maximum absolute atomic E-state index is 5.90. The van der Waals surface area contributed by atoms with Crippen LogP contribution in [0.2, 0.25) is 0 Å². The summed E-state index contributed by atoms with van der Waals surface area (Å²) in [4.78, 5) is 4.37. The monoisotopic (exact) mass is 304 g/mol. The molecule has 6 heteroatoms. The molecular formula is C17H12N4O2. The summed E-state index contributed by atoms with van der Waals surface area (Å²) in [5.41, 5.74) is 7.90. The van der Waals surface area contributed by atoms with Gasteiger partial charge >= 0.3 is 0 Å². The van der Waals surface area contributed by atoms with E-state index in [0.717, 1.165) is 11.1 Å². The van der Waals surface area contributed by atoms with E-state index in [1.807, 2.05) is 60.7 Å². The zero-order valence-corrected chi connectivity index (χ0v) is 12.0. The molecule has 23 heavy (non-hydrogen) atoms. The molecule has 0 saturated heterocycles. The molecule has 6 nitrogen and oxygen atoms in total. The van der Waals surface area contributed by atoms with Crippen LogP contribution in [0.25, 0.3) is 34.5 Å². The van der Waals surface area contributed by atoms with E-state index in [1.54, 1.807) is 0 Å². The second-order valence-corrected chi connectivity index (χ2v) is 4.88. The van der Waals surface area contributed by atoms with Gasteiger partial charge in [0.25, 0.3) is 5.89 Å². The first-order valence-corrected chi connectivity index (χ1v) is 7.02. The predicted molar refractivity (Wildman–Crippen MR) is 85.1 cm³/mol. The Morgan fingerprint density at radius 3 is 1.87 bits per heavy atom. The zero-order valence-electron chi connectivity index (χ0n) is 12.0. The number of oxazole rings is 1. The molecule has 0 atom stereocenters. The Morgan fingerprint density at radius 1 is 0.652 bits per heavy atom. The van der Waals surface area contributed by atoms with Crippen molar-refractivity contribution in [2.24, 2.45) is 0 Å². The second kappa shape index (κ2) is 5.42. The summed E-state index contributed by atoms with van der Waals surface area (Å²) in [6, 6.07) is 19.0. The van der Waals surface area contributed by atoms with Crippen LogP contribution < -0.4 is 5.73 Å². The fourth-order valence-electron chi connectivity index (χ4n) is 2.21. The molecule has 0 spiro atoms. The van der Waals surface area contributed by atoms with Gasteiger partial charge in [-0.25, -0.2) is 4.98 Å². The number of hydrogen-bond acceptors (Lipinski definition) is 6. The van der Waals surface area contributed by atoms with E-state index >= 15 is 0 Å². The van der Waals surface area contributed by atoms with Crippen LogP contribution in [-0.2, 0) is 0 Å². The van der Waals surface area contributed by atoms with Gasteiger partial charge in [-0.05, 0) is 24.3 Å². The van der Waals surface area contributed by atoms with Crippen LogP contribution in [0.3, 0.4) is 0 Å². The fraction of sp³-hybridized carbons (Fsp3) is 0. The lowest BCUT2D eigenvalue weighted by Gasteiger charge is -1.92. The molecule has 0 aliphatic heterocycles. The van der Waals surface area contributed by atoms with Gasteiger partial charge < -0.3 is 14.6 Å². The van der Waals surface area contributed by atoms with Crippen molar-refractivity contribution in [1.82, 2.24) is 15.2 Å². The van der Waals surface area contributed by atoms with Gasteiger partial charge in [-0.2, -0.15) is 0 Å². The maximum Gasteiger partial charge on any atom is 0.272 e. The Balaban J connectivity index is 1.72. The van der Waals surface area contributed by atoms with Crippen molar-refractivity contribution < 1.29 is 8.83 Å². The van der Waals surface area contributed by atoms with Crippen LogP contribution in [-0.4, -0.2) is 15.2 Å². The second-order valence-electron chi connectivity index (χ2n) is 4.88. The molecule has 0 unspecified atom stereocenters. The van der Waals surface area contributed by atoms with Crippen molar-refractivity contribution in [3.05, 3.63) is 60.7 Å². The first-order valence-electron chi connectivity index (χ1n) is 7.02. The fourth-order valence-corrected chi connectivity index (χ4v) is 2.21. The van der Waals surface area contributed by atoms with Crippen molar-refractivity contribution in [2.45, 2.75) is 0 Å². The topological polar surface area (TPSA) is 91.0 Å². The van der Waals surface area contributed by atoms with Crippen LogP contribution in [0.5, 0.6) is 0 Å². The molecule has 112 valence electrons. The lowest BCUT2D eigenvalue weighted by Crippen LogP contribution is -1.86. The molecule has 0 bridgehead atoms. The molecule has 0 aliphatic rings. The Kier molecular flexibility index (Phi) is 3.12. The Bertz CT molecular complexity index is 930. The molecule has 4 aromatic rings. The van der Waals surface area contributed by atoms with Gasteiger partial charge in [0.05, 0.1) is 0 Å². The normalized spacial score (nSPS) is 10.8. The van der Waals surface area contributed by atoms with Gasteiger partial charge in [-0.3, -0.25) is 0 Å². The van der Waals surface area contributed by atoms with Gasteiger partial charge in [-0.15, -0.1) is 10.2 Å². The van der Waals surface area contributed by atoms with E-state index in [9.17, 15) is 0 Å². The molecule has 0 saturated carbocycles. The summed E-state index contributed by atoms with van der Waals surface area (Å²) in [7, 11) is 0. The average Bonchev–Trinajstić information content (AvgIpc) is 3.23. The van der Waals surface area contributed by atoms with Gasteiger partial charge in [0.1, 0.15) is 0 Å². The molecular weight excluding hydrogens is 292 g/mol. The Labute approximate surface area is 131 Å². The Hall–Kier alpha value is -3.41. The van der Waals surface area contributed by atoms with Crippen molar-refractivity contribution >= 4 is 5.88 Å². The maximum atomic E-state index is 5.90. The average molecular weight is 304 g/mol. The van der Waals surface area contributed by atoms with Gasteiger partial charge in [0.15, 0.2) is 5.69 Å². The number of aromatic nitrogens is 3. The molecule has 2 aromatic carbocycles. The summed E-state index contributed by atoms with van der Waals surface area (Å²) in [5, 5.41) is 8.04. The largest absolute Gasteiger partial charge is 0.420 e. The lowest BCUT2D eigenvalue weighted by atomic mass is 10.2. The third-order valence-corrected chi connectivity index (χ3v) is 3.32. The molecule has 2 heterocycles. The first-order chi connectivity index (χ1) is 11.3. The van der Waals surface area contributed by atoms with Crippen molar-refractivity contribution in [1.29, 1.82) is 0 Å². The summed E-state index contributed by atoms with van der Waals surface area (Å²) >= 11 is 0. The third kappa shape index (κ3) is 2.46. The minimum absolute atomic E-state index is 0.145. The van der Waals surface area contributed by atoms with Crippen LogP contribution in [0.1, 0.15) is 0 Å². The number of benzene rings is 2. The molecule has 0 amide bonds. The first kappa shape index (κ1) is 13.3. The highest BCUT2D eigenvalue weighted by molar-refractivity contribution is 5.67. The number of nitrogens with zero attached hydrogens (tertiary/aromatic N) is 3. The van der Waals surface area contributed by atoms with Crippen LogP contribution >= 0.6 is 0 Å². The molecule has 2 N–H and O–H groups in total. The van der Waals surface area contributed by atoms with E-state index in [4.69, 9.17) is 14.6 Å². The van der Waals surface area contributed by atoms with E-state index in [1.165, 1.54) is 0 Å². The number of anilines is 1.